The average molecular weight is 247 g/mol. The lowest BCUT2D eigenvalue weighted by atomic mass is 10.1. The van der Waals surface area contributed by atoms with Crippen molar-refractivity contribution in [3.63, 3.8) is 0 Å². The van der Waals surface area contributed by atoms with Crippen molar-refractivity contribution in [3.05, 3.63) is 17.7 Å². The highest BCUT2D eigenvalue weighted by Crippen LogP contribution is 2.37. The van der Waals surface area contributed by atoms with Gasteiger partial charge in [-0.3, -0.25) is 4.79 Å². The molecule has 1 heterocycles. The van der Waals surface area contributed by atoms with Crippen molar-refractivity contribution >= 4 is 11.6 Å². The molecule has 1 aliphatic heterocycles. The van der Waals surface area contributed by atoms with E-state index >= 15 is 0 Å². The van der Waals surface area contributed by atoms with Crippen molar-refractivity contribution in [2.24, 2.45) is 0 Å². The molecule has 0 fully saturated rings. The second kappa shape index (κ2) is 3.83. The number of fused-ring (bicyclic) bond motifs is 1. The maximum absolute atomic E-state index is 12.1. The Morgan fingerprint density at radius 1 is 1.29 bits per heavy atom. The van der Waals surface area contributed by atoms with Crippen LogP contribution in [0.5, 0.6) is 11.5 Å². The first-order chi connectivity index (χ1) is 7.88. The Kier molecular flexibility index (Phi) is 2.60. The summed E-state index contributed by atoms with van der Waals surface area (Å²) in [6, 6.07) is 2.82. The molecule has 0 spiro atoms. The van der Waals surface area contributed by atoms with Crippen LogP contribution >= 0.6 is 0 Å². The molecule has 0 aliphatic carbocycles. The molecule has 4 nitrogen and oxygen atoms in total. The molecule has 0 atom stereocenters. The van der Waals surface area contributed by atoms with Crippen LogP contribution < -0.4 is 14.8 Å². The molecule has 0 saturated carbocycles. The van der Waals surface area contributed by atoms with Gasteiger partial charge in [0.1, 0.15) is 0 Å². The molecule has 1 N–H and O–H groups in total. The average Bonchev–Trinajstić information content (AvgIpc) is 2.63. The van der Waals surface area contributed by atoms with E-state index in [0.717, 1.165) is 0 Å². The van der Waals surface area contributed by atoms with E-state index in [-0.39, 0.29) is 12.5 Å². The number of carbonyl (C=O) groups excluding carboxylic acids is 1. The number of benzene rings is 1. The molecule has 1 aromatic carbocycles. The molecule has 1 amide bonds. The molecule has 0 saturated heterocycles. The number of carbonyl (C=O) groups is 1. The highest BCUT2D eigenvalue weighted by Gasteiger charge is 2.39. The van der Waals surface area contributed by atoms with Crippen molar-refractivity contribution in [3.8, 4) is 11.5 Å². The maximum atomic E-state index is 12.1. The number of alkyl halides is 3. The van der Waals surface area contributed by atoms with Gasteiger partial charge in [0.25, 0.3) is 0 Å². The third-order valence-electron chi connectivity index (χ3n) is 2.23. The number of rotatable bonds is 1. The fourth-order valence-electron chi connectivity index (χ4n) is 1.37. The number of halogens is 3. The molecule has 2 rings (SSSR count). The predicted molar refractivity (Wildman–Crippen MR) is 52.0 cm³/mol. The van der Waals surface area contributed by atoms with Crippen LogP contribution in [-0.4, -0.2) is 18.9 Å². The van der Waals surface area contributed by atoms with E-state index in [1.165, 1.54) is 12.1 Å². The summed E-state index contributed by atoms with van der Waals surface area (Å²) in [5, 5.41) is 1.78. The maximum Gasteiger partial charge on any atom is 0.471 e. The van der Waals surface area contributed by atoms with E-state index in [4.69, 9.17) is 9.47 Å². The molecular weight excluding hydrogens is 239 g/mol. The lowest BCUT2D eigenvalue weighted by Gasteiger charge is -2.11. The summed E-state index contributed by atoms with van der Waals surface area (Å²) >= 11 is 0. The summed E-state index contributed by atoms with van der Waals surface area (Å²) in [5.74, 6) is -1.25. The highest BCUT2D eigenvalue weighted by molar-refractivity contribution is 5.95. The standard InChI is InChI=1S/C10H8F3NO3/c1-5-2-7-8(17-4-16-7)3-6(5)14-9(15)10(11,12)13/h2-3H,4H2,1H3,(H,14,15). The number of ether oxygens (including phenoxy) is 2. The first kappa shape index (κ1) is 11.6. The Hall–Kier alpha value is -1.92. The second-order valence-corrected chi connectivity index (χ2v) is 3.47. The molecule has 0 aromatic heterocycles. The lowest BCUT2D eigenvalue weighted by molar-refractivity contribution is -0.167. The third kappa shape index (κ3) is 2.27. The van der Waals surface area contributed by atoms with Gasteiger partial charge >= 0.3 is 12.1 Å². The summed E-state index contributed by atoms with van der Waals surface area (Å²) in [5.41, 5.74) is 0.517. The fourth-order valence-corrected chi connectivity index (χ4v) is 1.37. The first-order valence-corrected chi connectivity index (χ1v) is 4.66. The molecule has 1 aliphatic rings. The predicted octanol–water partition coefficient (Wildman–Crippen LogP) is 2.22. The molecule has 17 heavy (non-hydrogen) atoms. The quantitative estimate of drug-likeness (QED) is 0.827. The monoisotopic (exact) mass is 247 g/mol. The van der Waals surface area contributed by atoms with E-state index in [2.05, 4.69) is 0 Å². The molecule has 0 radical (unpaired) electrons. The van der Waals surface area contributed by atoms with Gasteiger partial charge in [0.15, 0.2) is 11.5 Å². The molecular formula is C10H8F3NO3. The Labute approximate surface area is 94.3 Å². The van der Waals surface area contributed by atoms with Gasteiger partial charge in [-0.1, -0.05) is 0 Å². The minimum atomic E-state index is -4.91. The summed E-state index contributed by atoms with van der Waals surface area (Å²) < 4.78 is 46.3. The summed E-state index contributed by atoms with van der Waals surface area (Å²) in [7, 11) is 0. The number of nitrogens with one attached hydrogen (secondary N) is 1. The van der Waals surface area contributed by atoms with Gasteiger partial charge in [-0.2, -0.15) is 13.2 Å². The molecule has 0 unspecified atom stereocenters. The lowest BCUT2D eigenvalue weighted by Crippen LogP contribution is -2.30. The van der Waals surface area contributed by atoms with Gasteiger partial charge in [0, 0.05) is 11.8 Å². The number of amides is 1. The normalized spacial score (nSPS) is 13.6. The summed E-state index contributed by atoms with van der Waals surface area (Å²) in [6.07, 6.45) is -4.91. The van der Waals surface area contributed by atoms with Crippen LogP contribution in [0, 0.1) is 6.92 Å². The van der Waals surface area contributed by atoms with E-state index in [1.54, 1.807) is 12.2 Å². The zero-order chi connectivity index (χ0) is 12.6. The van der Waals surface area contributed by atoms with Crippen LogP contribution in [0.15, 0.2) is 12.1 Å². The van der Waals surface area contributed by atoms with Crippen LogP contribution in [0.2, 0.25) is 0 Å². The van der Waals surface area contributed by atoms with Crippen molar-refractivity contribution < 1.29 is 27.4 Å². The molecule has 1 aromatic rings. The van der Waals surface area contributed by atoms with Crippen LogP contribution in [0.3, 0.4) is 0 Å². The minimum Gasteiger partial charge on any atom is -0.454 e. The number of aryl methyl sites for hydroxylation is 1. The van der Waals surface area contributed by atoms with E-state index in [9.17, 15) is 18.0 Å². The Bertz CT molecular complexity index is 471. The number of hydrogen-bond acceptors (Lipinski definition) is 3. The minimum absolute atomic E-state index is 0.0193. The number of hydrogen-bond donors (Lipinski definition) is 1. The van der Waals surface area contributed by atoms with Gasteiger partial charge in [-0.05, 0) is 18.6 Å². The zero-order valence-electron chi connectivity index (χ0n) is 8.72. The van der Waals surface area contributed by atoms with Crippen molar-refractivity contribution in [2.45, 2.75) is 13.1 Å². The van der Waals surface area contributed by atoms with Crippen molar-refractivity contribution in [2.75, 3.05) is 12.1 Å². The van der Waals surface area contributed by atoms with Gasteiger partial charge in [0.05, 0.1) is 0 Å². The Morgan fingerprint density at radius 2 is 1.88 bits per heavy atom. The van der Waals surface area contributed by atoms with E-state index < -0.39 is 12.1 Å². The molecule has 92 valence electrons. The van der Waals surface area contributed by atoms with E-state index in [0.29, 0.717) is 17.1 Å². The van der Waals surface area contributed by atoms with E-state index in [1.807, 2.05) is 0 Å². The zero-order valence-corrected chi connectivity index (χ0v) is 8.72. The van der Waals surface area contributed by atoms with Gasteiger partial charge in [-0.25, -0.2) is 0 Å². The number of anilines is 1. The second-order valence-electron chi connectivity index (χ2n) is 3.47. The van der Waals surface area contributed by atoms with Crippen LogP contribution in [0.1, 0.15) is 5.56 Å². The first-order valence-electron chi connectivity index (χ1n) is 4.66. The third-order valence-corrected chi connectivity index (χ3v) is 2.23. The van der Waals surface area contributed by atoms with Gasteiger partial charge in [-0.15, -0.1) is 0 Å². The van der Waals surface area contributed by atoms with Crippen LogP contribution in [-0.2, 0) is 4.79 Å². The van der Waals surface area contributed by atoms with Crippen molar-refractivity contribution in [1.29, 1.82) is 0 Å². The van der Waals surface area contributed by atoms with Crippen LogP contribution in [0.4, 0.5) is 18.9 Å². The highest BCUT2D eigenvalue weighted by atomic mass is 19.4. The summed E-state index contributed by atoms with van der Waals surface area (Å²) in [6.45, 7) is 1.58. The summed E-state index contributed by atoms with van der Waals surface area (Å²) in [4.78, 5) is 10.8. The Morgan fingerprint density at radius 3 is 2.47 bits per heavy atom. The fraction of sp³-hybridized carbons (Fsp3) is 0.300. The molecule has 7 heteroatoms. The topological polar surface area (TPSA) is 47.6 Å². The smallest absolute Gasteiger partial charge is 0.454 e. The largest absolute Gasteiger partial charge is 0.471 e. The van der Waals surface area contributed by atoms with Crippen molar-refractivity contribution in [1.82, 2.24) is 0 Å². The van der Waals surface area contributed by atoms with Gasteiger partial charge in [0.2, 0.25) is 6.79 Å². The molecule has 0 bridgehead atoms. The Balaban J connectivity index is 2.25. The van der Waals surface area contributed by atoms with Gasteiger partial charge < -0.3 is 14.8 Å². The SMILES string of the molecule is Cc1cc2c(cc1NC(=O)C(F)(F)F)OCO2. The van der Waals surface area contributed by atoms with Crippen LogP contribution in [0.25, 0.3) is 0 Å².